The molecule has 1 aromatic heterocycles. The Morgan fingerprint density at radius 2 is 1.52 bits per heavy atom. The van der Waals surface area contributed by atoms with E-state index in [2.05, 4.69) is 4.98 Å². The van der Waals surface area contributed by atoms with Gasteiger partial charge in [0.05, 0.1) is 5.56 Å². The minimum Gasteiger partial charge on any atom is -0.319 e. The van der Waals surface area contributed by atoms with Crippen LogP contribution in [0.4, 0.5) is 36.4 Å². The molecular formula is C15H11F7N4O. The van der Waals surface area contributed by atoms with E-state index in [-0.39, 0.29) is 5.69 Å². The van der Waals surface area contributed by atoms with Gasteiger partial charge in [-0.15, -0.1) is 0 Å². The summed E-state index contributed by atoms with van der Waals surface area (Å²) >= 11 is 0. The second kappa shape index (κ2) is 7.39. The lowest BCUT2D eigenvalue weighted by atomic mass is 10.1. The van der Waals surface area contributed by atoms with Crippen LogP contribution in [-0.4, -0.2) is 28.9 Å². The Morgan fingerprint density at radius 1 is 0.926 bits per heavy atom. The Kier molecular flexibility index (Phi) is 5.59. The topological polar surface area (TPSA) is 66.1 Å². The summed E-state index contributed by atoms with van der Waals surface area (Å²) in [6, 6.07) is 5.61. The third kappa shape index (κ3) is 4.45. The van der Waals surface area contributed by atoms with E-state index in [1.54, 1.807) is 5.43 Å². The van der Waals surface area contributed by atoms with Crippen LogP contribution in [0.3, 0.4) is 0 Å². The number of aromatic nitrogens is 1. The molecule has 0 spiro atoms. The lowest BCUT2D eigenvalue weighted by Crippen LogP contribution is -2.76. The van der Waals surface area contributed by atoms with Gasteiger partial charge in [0.15, 0.2) is 0 Å². The quantitative estimate of drug-likeness (QED) is 0.412. The number of nitrogens with one attached hydrogen (secondary N) is 3. The third-order valence-electron chi connectivity index (χ3n) is 3.31. The number of rotatable bonds is 5. The van der Waals surface area contributed by atoms with E-state index in [1.165, 1.54) is 12.3 Å². The lowest BCUT2D eigenvalue weighted by Gasteiger charge is -2.38. The Bertz CT molecular complexity index is 761. The first-order chi connectivity index (χ1) is 12.5. The van der Waals surface area contributed by atoms with Gasteiger partial charge in [-0.25, -0.2) is 4.39 Å². The smallest absolute Gasteiger partial charge is 0.319 e. The Balaban J connectivity index is 2.37. The number of hydrazine groups is 1. The van der Waals surface area contributed by atoms with Crippen molar-refractivity contribution >= 4 is 11.6 Å². The maximum Gasteiger partial charge on any atom is 0.436 e. The number of nitrogens with zero attached hydrogens (tertiary/aromatic N) is 1. The Hall–Kier alpha value is -2.89. The zero-order valence-electron chi connectivity index (χ0n) is 13.1. The van der Waals surface area contributed by atoms with E-state index in [9.17, 15) is 35.5 Å². The standard InChI is InChI=1S/C15H11F7N4O/c16-10-3-5-11(6-4-10)25-26-13(14(17,18)19,15(20,21)22)24-12(27)9-2-1-7-23-8-9/h1-8,25-26H,(H,24,27). The molecule has 1 aromatic carbocycles. The van der Waals surface area contributed by atoms with E-state index >= 15 is 0 Å². The van der Waals surface area contributed by atoms with Gasteiger partial charge in [0.25, 0.3) is 5.91 Å². The van der Waals surface area contributed by atoms with E-state index in [0.717, 1.165) is 47.3 Å². The van der Waals surface area contributed by atoms with Gasteiger partial charge in [0.2, 0.25) is 0 Å². The normalized spacial score (nSPS) is 12.6. The highest BCUT2D eigenvalue weighted by atomic mass is 19.4. The summed E-state index contributed by atoms with van der Waals surface area (Å²) in [5.74, 6) is -2.41. The number of hydrogen-bond donors (Lipinski definition) is 3. The summed E-state index contributed by atoms with van der Waals surface area (Å²) in [6.45, 7) is 0. The van der Waals surface area contributed by atoms with E-state index in [1.807, 2.05) is 0 Å². The molecule has 0 aliphatic heterocycles. The second-order valence-corrected chi connectivity index (χ2v) is 5.20. The summed E-state index contributed by atoms with van der Waals surface area (Å²) in [7, 11) is 0. The molecule has 12 heteroatoms. The molecule has 0 radical (unpaired) electrons. The number of benzene rings is 1. The fourth-order valence-corrected chi connectivity index (χ4v) is 1.91. The molecule has 0 saturated carbocycles. The van der Waals surface area contributed by atoms with Crippen LogP contribution in [0.25, 0.3) is 0 Å². The molecule has 0 aliphatic carbocycles. The largest absolute Gasteiger partial charge is 0.436 e. The van der Waals surface area contributed by atoms with Crippen LogP contribution < -0.4 is 16.2 Å². The minimum absolute atomic E-state index is 0.301. The number of anilines is 1. The summed E-state index contributed by atoms with van der Waals surface area (Å²) in [4.78, 5) is 15.4. The van der Waals surface area contributed by atoms with Crippen LogP contribution in [0, 0.1) is 5.82 Å². The van der Waals surface area contributed by atoms with Crippen molar-refractivity contribution in [3.8, 4) is 0 Å². The van der Waals surface area contributed by atoms with E-state index in [4.69, 9.17) is 0 Å². The fraction of sp³-hybridized carbons (Fsp3) is 0.200. The molecule has 2 rings (SSSR count). The molecule has 0 saturated heterocycles. The van der Waals surface area contributed by atoms with Crippen molar-refractivity contribution < 1.29 is 35.5 Å². The van der Waals surface area contributed by atoms with Crippen molar-refractivity contribution in [2.24, 2.45) is 0 Å². The first-order valence-corrected chi connectivity index (χ1v) is 7.11. The molecular weight excluding hydrogens is 385 g/mol. The zero-order chi connectivity index (χ0) is 20.3. The zero-order valence-corrected chi connectivity index (χ0v) is 13.1. The van der Waals surface area contributed by atoms with Crippen molar-refractivity contribution in [2.45, 2.75) is 18.0 Å². The van der Waals surface area contributed by atoms with Crippen LogP contribution in [0.1, 0.15) is 10.4 Å². The van der Waals surface area contributed by atoms with Crippen LogP contribution in [0.5, 0.6) is 0 Å². The first kappa shape index (κ1) is 20.4. The molecule has 0 unspecified atom stereocenters. The molecule has 2 aromatic rings. The number of pyridine rings is 1. The minimum atomic E-state index is -5.99. The summed E-state index contributed by atoms with van der Waals surface area (Å²) in [5.41, 5.74) is -2.88. The monoisotopic (exact) mass is 396 g/mol. The molecule has 0 bridgehead atoms. The van der Waals surface area contributed by atoms with Crippen molar-refractivity contribution in [3.63, 3.8) is 0 Å². The van der Waals surface area contributed by atoms with Gasteiger partial charge < -0.3 is 10.7 Å². The van der Waals surface area contributed by atoms with Crippen molar-refractivity contribution in [3.05, 3.63) is 60.2 Å². The molecule has 0 atom stereocenters. The van der Waals surface area contributed by atoms with Crippen molar-refractivity contribution in [2.75, 3.05) is 5.43 Å². The van der Waals surface area contributed by atoms with Crippen LogP contribution in [-0.2, 0) is 0 Å². The SMILES string of the molecule is O=C(NC(NNc1ccc(F)cc1)(C(F)(F)F)C(F)(F)F)c1cccnc1. The number of hydrogen-bond acceptors (Lipinski definition) is 4. The molecule has 0 fully saturated rings. The van der Waals surface area contributed by atoms with Gasteiger partial charge in [0.1, 0.15) is 5.82 Å². The van der Waals surface area contributed by atoms with Crippen LogP contribution in [0.2, 0.25) is 0 Å². The summed E-state index contributed by atoms with van der Waals surface area (Å²) in [6.07, 6.45) is -9.99. The second-order valence-electron chi connectivity index (χ2n) is 5.20. The third-order valence-corrected chi connectivity index (χ3v) is 3.31. The highest BCUT2D eigenvalue weighted by Gasteiger charge is 2.72. The molecule has 27 heavy (non-hydrogen) atoms. The fourth-order valence-electron chi connectivity index (χ4n) is 1.91. The Morgan fingerprint density at radius 3 is 2.00 bits per heavy atom. The highest BCUT2D eigenvalue weighted by molar-refractivity contribution is 5.94. The average molecular weight is 396 g/mol. The molecule has 5 nitrogen and oxygen atoms in total. The van der Waals surface area contributed by atoms with Crippen molar-refractivity contribution in [1.82, 2.24) is 15.7 Å². The van der Waals surface area contributed by atoms with E-state index in [0.29, 0.717) is 0 Å². The van der Waals surface area contributed by atoms with E-state index < -0.39 is 35.3 Å². The molecule has 1 amide bonds. The maximum atomic E-state index is 13.4. The maximum absolute atomic E-state index is 13.4. The number of halogens is 7. The summed E-state index contributed by atoms with van der Waals surface area (Å²) < 4.78 is 93.2. The van der Waals surface area contributed by atoms with Gasteiger partial charge in [-0.3, -0.25) is 9.78 Å². The molecule has 0 aliphatic rings. The molecule has 146 valence electrons. The molecule has 3 N–H and O–H groups in total. The lowest BCUT2D eigenvalue weighted by molar-refractivity contribution is -0.312. The van der Waals surface area contributed by atoms with Gasteiger partial charge >= 0.3 is 18.0 Å². The first-order valence-electron chi connectivity index (χ1n) is 7.11. The van der Waals surface area contributed by atoms with Crippen LogP contribution in [0.15, 0.2) is 48.8 Å². The average Bonchev–Trinajstić information content (AvgIpc) is 2.58. The number of carbonyl (C=O) groups excluding carboxylic acids is 1. The van der Waals surface area contributed by atoms with Gasteiger partial charge in [0, 0.05) is 18.1 Å². The predicted octanol–water partition coefficient (Wildman–Crippen LogP) is 3.39. The van der Waals surface area contributed by atoms with Gasteiger partial charge in [-0.05, 0) is 36.4 Å². The predicted molar refractivity (Wildman–Crippen MR) is 79.7 cm³/mol. The molecule has 1 heterocycles. The summed E-state index contributed by atoms with van der Waals surface area (Å²) in [5, 5.41) is 0.932. The number of alkyl halides is 6. The van der Waals surface area contributed by atoms with Gasteiger partial charge in [-0.1, -0.05) is 0 Å². The highest BCUT2D eigenvalue weighted by Crippen LogP contribution is 2.41. The van der Waals surface area contributed by atoms with Crippen LogP contribution >= 0.6 is 0 Å². The number of amides is 1. The number of carbonyl (C=O) groups is 1. The Labute approximate surface area is 147 Å². The van der Waals surface area contributed by atoms with Gasteiger partial charge in [-0.2, -0.15) is 31.8 Å². The van der Waals surface area contributed by atoms with Crippen molar-refractivity contribution in [1.29, 1.82) is 0 Å².